The summed E-state index contributed by atoms with van der Waals surface area (Å²) in [6.45, 7) is 10.4. The normalized spacial score (nSPS) is 12.8. The van der Waals surface area contributed by atoms with Crippen molar-refractivity contribution in [1.29, 1.82) is 0 Å². The summed E-state index contributed by atoms with van der Waals surface area (Å²) < 4.78 is 5.88. The maximum atomic E-state index is 5.88. The first-order valence-electron chi connectivity index (χ1n) is 6.44. The van der Waals surface area contributed by atoms with Gasteiger partial charge in [-0.25, -0.2) is 0 Å². The Morgan fingerprint density at radius 2 is 2.12 bits per heavy atom. The van der Waals surface area contributed by atoms with Gasteiger partial charge < -0.3 is 10.1 Å². The summed E-state index contributed by atoms with van der Waals surface area (Å²) in [5.41, 5.74) is 1.03. The summed E-state index contributed by atoms with van der Waals surface area (Å²) in [7, 11) is 0. The molecule has 0 aliphatic heterocycles. The highest BCUT2D eigenvalue weighted by Crippen LogP contribution is 2.16. The van der Waals surface area contributed by atoms with Crippen LogP contribution in [0.1, 0.15) is 39.8 Å². The van der Waals surface area contributed by atoms with Crippen LogP contribution in [-0.4, -0.2) is 17.6 Å². The van der Waals surface area contributed by atoms with Crippen LogP contribution < -0.4 is 10.1 Å². The van der Waals surface area contributed by atoms with Crippen LogP contribution in [0.15, 0.2) is 18.3 Å². The van der Waals surface area contributed by atoms with Crippen molar-refractivity contribution < 1.29 is 4.74 Å². The molecule has 17 heavy (non-hydrogen) atoms. The minimum Gasteiger partial charge on any atom is -0.491 e. The van der Waals surface area contributed by atoms with Crippen molar-refractivity contribution in [2.45, 2.75) is 46.8 Å². The average Bonchev–Trinajstić information content (AvgIpc) is 2.25. The minimum atomic E-state index is 0.254. The third-order valence-electron chi connectivity index (χ3n) is 2.48. The van der Waals surface area contributed by atoms with Gasteiger partial charge in [-0.05, 0) is 31.9 Å². The van der Waals surface area contributed by atoms with E-state index >= 15 is 0 Å². The van der Waals surface area contributed by atoms with Crippen LogP contribution >= 0.6 is 0 Å². The molecule has 0 spiro atoms. The van der Waals surface area contributed by atoms with Crippen molar-refractivity contribution in [1.82, 2.24) is 10.3 Å². The number of rotatable bonds is 7. The Morgan fingerprint density at radius 3 is 2.76 bits per heavy atom. The predicted octanol–water partition coefficient (Wildman–Crippen LogP) is 3.00. The quantitative estimate of drug-likeness (QED) is 0.790. The number of hydrogen-bond donors (Lipinski definition) is 1. The Morgan fingerprint density at radius 1 is 1.35 bits per heavy atom. The number of pyridine rings is 1. The summed E-state index contributed by atoms with van der Waals surface area (Å²) in [5, 5.41) is 3.26. The zero-order valence-electron chi connectivity index (χ0n) is 11.4. The molecule has 1 N–H and O–H groups in total. The first kappa shape index (κ1) is 14.0. The molecule has 1 rings (SSSR count). The molecule has 1 heterocycles. The van der Waals surface area contributed by atoms with E-state index in [9.17, 15) is 0 Å². The van der Waals surface area contributed by atoms with E-state index in [1.807, 2.05) is 18.3 Å². The fourth-order valence-corrected chi connectivity index (χ4v) is 1.82. The van der Waals surface area contributed by atoms with Gasteiger partial charge in [-0.1, -0.05) is 20.8 Å². The molecule has 0 saturated heterocycles. The fraction of sp³-hybridized carbons (Fsp3) is 0.643. The molecule has 1 aromatic rings. The SMILES string of the molecule is CCNCc1cc(OC(C)CC(C)C)ccn1. The second-order valence-electron chi connectivity index (χ2n) is 4.82. The van der Waals surface area contributed by atoms with Crippen molar-refractivity contribution in [3.8, 4) is 5.75 Å². The molecule has 0 aliphatic carbocycles. The molecule has 1 aromatic heterocycles. The molecule has 3 heteroatoms. The highest BCUT2D eigenvalue weighted by molar-refractivity contribution is 5.22. The zero-order valence-corrected chi connectivity index (χ0v) is 11.4. The van der Waals surface area contributed by atoms with Crippen LogP contribution in [0.25, 0.3) is 0 Å². The lowest BCUT2D eigenvalue weighted by atomic mass is 10.1. The van der Waals surface area contributed by atoms with Gasteiger partial charge in [0.2, 0.25) is 0 Å². The van der Waals surface area contributed by atoms with E-state index in [2.05, 4.69) is 38.0 Å². The fourth-order valence-electron chi connectivity index (χ4n) is 1.82. The van der Waals surface area contributed by atoms with Crippen molar-refractivity contribution in [3.63, 3.8) is 0 Å². The van der Waals surface area contributed by atoms with E-state index in [0.717, 1.165) is 31.0 Å². The molecular formula is C14H24N2O. The third-order valence-corrected chi connectivity index (χ3v) is 2.48. The van der Waals surface area contributed by atoms with Crippen LogP contribution in [0.5, 0.6) is 5.75 Å². The van der Waals surface area contributed by atoms with E-state index < -0.39 is 0 Å². The third kappa shape index (κ3) is 5.68. The van der Waals surface area contributed by atoms with Crippen LogP contribution in [-0.2, 0) is 6.54 Å². The summed E-state index contributed by atoms with van der Waals surface area (Å²) in [6, 6.07) is 3.94. The van der Waals surface area contributed by atoms with E-state index in [-0.39, 0.29) is 6.10 Å². The monoisotopic (exact) mass is 236 g/mol. The van der Waals surface area contributed by atoms with Crippen molar-refractivity contribution in [2.75, 3.05) is 6.54 Å². The van der Waals surface area contributed by atoms with Gasteiger partial charge >= 0.3 is 0 Å². The van der Waals surface area contributed by atoms with E-state index in [0.29, 0.717) is 5.92 Å². The smallest absolute Gasteiger partial charge is 0.123 e. The van der Waals surface area contributed by atoms with Gasteiger partial charge in [0, 0.05) is 18.8 Å². The maximum absolute atomic E-state index is 5.88. The Kier molecular flexibility index (Phi) is 5.98. The Balaban J connectivity index is 2.52. The molecule has 1 atom stereocenters. The first-order valence-corrected chi connectivity index (χ1v) is 6.44. The van der Waals surface area contributed by atoms with Gasteiger partial charge in [0.15, 0.2) is 0 Å². The summed E-state index contributed by atoms with van der Waals surface area (Å²) >= 11 is 0. The molecule has 0 aromatic carbocycles. The summed E-state index contributed by atoms with van der Waals surface area (Å²) in [5.74, 6) is 1.58. The lowest BCUT2D eigenvalue weighted by molar-refractivity contribution is 0.193. The van der Waals surface area contributed by atoms with Gasteiger partial charge in [-0.3, -0.25) is 4.98 Å². The lowest BCUT2D eigenvalue weighted by Crippen LogP contribution is -2.16. The maximum Gasteiger partial charge on any atom is 0.123 e. The highest BCUT2D eigenvalue weighted by Gasteiger charge is 2.07. The van der Waals surface area contributed by atoms with Crippen LogP contribution in [0.2, 0.25) is 0 Å². The molecule has 96 valence electrons. The van der Waals surface area contributed by atoms with Gasteiger partial charge in [-0.2, -0.15) is 0 Å². The molecule has 0 radical (unpaired) electrons. The minimum absolute atomic E-state index is 0.254. The van der Waals surface area contributed by atoms with Gasteiger partial charge in [-0.15, -0.1) is 0 Å². The summed E-state index contributed by atoms with van der Waals surface area (Å²) in [4.78, 5) is 4.30. The predicted molar refractivity (Wildman–Crippen MR) is 71.2 cm³/mol. The van der Waals surface area contributed by atoms with E-state index in [4.69, 9.17) is 4.74 Å². The summed E-state index contributed by atoms with van der Waals surface area (Å²) in [6.07, 6.45) is 3.14. The van der Waals surface area contributed by atoms with Crippen LogP contribution in [0, 0.1) is 5.92 Å². The molecule has 0 aliphatic rings. The molecule has 0 saturated carbocycles. The van der Waals surface area contributed by atoms with Crippen molar-refractivity contribution >= 4 is 0 Å². The van der Waals surface area contributed by atoms with E-state index in [1.54, 1.807) is 0 Å². The van der Waals surface area contributed by atoms with Crippen LogP contribution in [0.4, 0.5) is 0 Å². The van der Waals surface area contributed by atoms with Gasteiger partial charge in [0.05, 0.1) is 11.8 Å². The highest BCUT2D eigenvalue weighted by atomic mass is 16.5. The Bertz CT molecular complexity index is 326. The average molecular weight is 236 g/mol. The molecule has 1 unspecified atom stereocenters. The molecule has 0 amide bonds. The number of nitrogens with zero attached hydrogens (tertiary/aromatic N) is 1. The van der Waals surface area contributed by atoms with Gasteiger partial charge in [0.25, 0.3) is 0 Å². The number of nitrogens with one attached hydrogen (secondary N) is 1. The van der Waals surface area contributed by atoms with Crippen LogP contribution in [0.3, 0.4) is 0 Å². The zero-order chi connectivity index (χ0) is 12.7. The lowest BCUT2D eigenvalue weighted by Gasteiger charge is -2.16. The molecule has 0 bridgehead atoms. The molecular weight excluding hydrogens is 212 g/mol. The number of hydrogen-bond acceptors (Lipinski definition) is 3. The van der Waals surface area contributed by atoms with E-state index in [1.165, 1.54) is 0 Å². The standard InChI is InChI=1S/C14H24N2O/c1-5-15-10-13-9-14(6-7-16-13)17-12(4)8-11(2)3/h6-7,9,11-12,15H,5,8,10H2,1-4H3. The van der Waals surface area contributed by atoms with Crippen molar-refractivity contribution in [2.24, 2.45) is 5.92 Å². The second-order valence-corrected chi connectivity index (χ2v) is 4.82. The Labute approximate surface area is 105 Å². The number of aromatic nitrogens is 1. The number of ether oxygens (including phenoxy) is 1. The largest absolute Gasteiger partial charge is 0.491 e. The second kappa shape index (κ2) is 7.28. The molecule has 3 nitrogen and oxygen atoms in total. The topological polar surface area (TPSA) is 34.1 Å². The first-order chi connectivity index (χ1) is 8.11. The van der Waals surface area contributed by atoms with Gasteiger partial charge in [0.1, 0.15) is 5.75 Å². The Hall–Kier alpha value is -1.09. The molecule has 0 fully saturated rings. The van der Waals surface area contributed by atoms with Crippen molar-refractivity contribution in [3.05, 3.63) is 24.0 Å².